The lowest BCUT2D eigenvalue weighted by Crippen LogP contribution is -2.44. The third kappa shape index (κ3) is 2.73. The van der Waals surface area contributed by atoms with Crippen LogP contribution in [0.1, 0.15) is 11.7 Å². The molecule has 2 saturated heterocycles. The van der Waals surface area contributed by atoms with Crippen molar-refractivity contribution in [3.05, 3.63) is 29.6 Å². The van der Waals surface area contributed by atoms with Gasteiger partial charge in [0.05, 0.1) is 18.8 Å². The van der Waals surface area contributed by atoms with E-state index in [4.69, 9.17) is 4.74 Å². The molecule has 5 nitrogen and oxygen atoms in total. The summed E-state index contributed by atoms with van der Waals surface area (Å²) in [6.45, 7) is 0.728. The second-order valence-electron chi connectivity index (χ2n) is 4.94. The second kappa shape index (κ2) is 5.40. The van der Waals surface area contributed by atoms with Crippen LogP contribution in [0.3, 0.4) is 0 Å². The van der Waals surface area contributed by atoms with Gasteiger partial charge in [0.2, 0.25) is 5.91 Å². The summed E-state index contributed by atoms with van der Waals surface area (Å²) in [5.41, 5.74) is -0.336. The van der Waals surface area contributed by atoms with E-state index in [0.29, 0.717) is 13.2 Å². The predicted octanol–water partition coefficient (Wildman–Crippen LogP) is 1.55. The van der Waals surface area contributed by atoms with Crippen LogP contribution in [0, 0.1) is 5.82 Å². The van der Waals surface area contributed by atoms with Gasteiger partial charge in [-0.1, -0.05) is 6.07 Å². The molecule has 2 fully saturated rings. The number of nitrogens with one attached hydrogen (secondary N) is 1. The molecule has 2 aliphatic heterocycles. The fourth-order valence-corrected chi connectivity index (χ4v) is 2.70. The average molecular weight is 320 g/mol. The Balaban J connectivity index is 1.99. The summed E-state index contributed by atoms with van der Waals surface area (Å²) in [4.78, 5) is 13.5. The van der Waals surface area contributed by atoms with E-state index >= 15 is 0 Å². The van der Waals surface area contributed by atoms with Gasteiger partial charge < -0.3 is 14.8 Å². The molecule has 1 aromatic rings. The Hall–Kier alpha value is -1.87. The molecule has 0 aliphatic carbocycles. The van der Waals surface area contributed by atoms with E-state index in [9.17, 15) is 22.4 Å². The number of hydrogen-bond acceptors (Lipinski definition) is 4. The van der Waals surface area contributed by atoms with Crippen LogP contribution in [0.25, 0.3) is 0 Å². The van der Waals surface area contributed by atoms with E-state index in [0.717, 1.165) is 18.2 Å². The Morgan fingerprint density at radius 1 is 1.36 bits per heavy atom. The van der Waals surface area contributed by atoms with Crippen molar-refractivity contribution in [3.63, 3.8) is 0 Å². The summed E-state index contributed by atoms with van der Waals surface area (Å²) in [6, 6.07) is 2.52. The monoisotopic (exact) mass is 320 g/mol. The first-order valence-electron chi connectivity index (χ1n) is 6.55. The van der Waals surface area contributed by atoms with Crippen LogP contribution >= 0.6 is 0 Å². The molecule has 2 unspecified atom stereocenters. The molecule has 0 spiro atoms. The topological polar surface area (TPSA) is 50.8 Å². The van der Waals surface area contributed by atoms with Gasteiger partial charge in [0, 0.05) is 6.54 Å². The highest BCUT2D eigenvalue weighted by Crippen LogP contribution is 2.37. The molecule has 2 aliphatic rings. The summed E-state index contributed by atoms with van der Waals surface area (Å²) in [6.07, 6.45) is -5.96. The summed E-state index contributed by atoms with van der Waals surface area (Å²) in [7, 11) is 0. The van der Waals surface area contributed by atoms with E-state index in [1.807, 2.05) is 0 Å². The van der Waals surface area contributed by atoms with Crippen molar-refractivity contribution in [2.24, 2.45) is 0 Å². The van der Waals surface area contributed by atoms with Gasteiger partial charge >= 0.3 is 6.36 Å². The minimum atomic E-state index is -4.95. The molecule has 2 atom stereocenters. The summed E-state index contributed by atoms with van der Waals surface area (Å²) >= 11 is 0. The van der Waals surface area contributed by atoms with Crippen molar-refractivity contribution >= 4 is 5.91 Å². The molecule has 1 aromatic carbocycles. The number of rotatable bonds is 2. The van der Waals surface area contributed by atoms with Gasteiger partial charge in [0.25, 0.3) is 0 Å². The first-order valence-corrected chi connectivity index (χ1v) is 6.55. The van der Waals surface area contributed by atoms with Crippen LogP contribution < -0.4 is 10.1 Å². The molecule has 1 N–H and O–H groups in total. The molecule has 0 aromatic heterocycles. The number of benzene rings is 1. The van der Waals surface area contributed by atoms with Crippen LogP contribution in [0.5, 0.6) is 5.75 Å². The quantitative estimate of drug-likeness (QED) is 0.840. The Labute approximate surface area is 122 Å². The van der Waals surface area contributed by atoms with Crippen LogP contribution in [0.2, 0.25) is 0 Å². The third-order valence-corrected chi connectivity index (χ3v) is 3.60. The number of carbonyl (C=O) groups is 1. The fourth-order valence-electron chi connectivity index (χ4n) is 2.70. The number of halogens is 4. The molecular weight excluding hydrogens is 308 g/mol. The van der Waals surface area contributed by atoms with E-state index in [1.54, 1.807) is 4.90 Å². The largest absolute Gasteiger partial charge is 0.573 e. The van der Waals surface area contributed by atoms with Crippen molar-refractivity contribution < 1.29 is 31.8 Å². The summed E-state index contributed by atoms with van der Waals surface area (Å²) in [5, 5.41) is 2.50. The highest BCUT2D eigenvalue weighted by Gasteiger charge is 2.45. The normalized spacial score (nSPS) is 25.7. The van der Waals surface area contributed by atoms with Crippen LogP contribution in [0.15, 0.2) is 18.2 Å². The lowest BCUT2D eigenvalue weighted by Gasteiger charge is -2.32. The summed E-state index contributed by atoms with van der Waals surface area (Å²) < 4.78 is 60.6. The number of morpholine rings is 1. The highest BCUT2D eigenvalue weighted by atomic mass is 19.4. The van der Waals surface area contributed by atoms with E-state index in [2.05, 4.69) is 10.1 Å². The van der Waals surface area contributed by atoms with Crippen molar-refractivity contribution in [2.75, 3.05) is 19.8 Å². The molecule has 9 heteroatoms. The van der Waals surface area contributed by atoms with Crippen LogP contribution in [-0.4, -0.2) is 43.0 Å². The highest BCUT2D eigenvalue weighted by molar-refractivity contribution is 5.84. The maximum atomic E-state index is 14.1. The number of fused-ring (bicyclic) bond motifs is 1. The fraction of sp³-hybridized carbons (Fsp3) is 0.462. The van der Waals surface area contributed by atoms with Gasteiger partial charge in [-0.2, -0.15) is 0 Å². The molecule has 3 rings (SSSR count). The lowest BCUT2D eigenvalue weighted by molar-refractivity contribution is -0.275. The molecule has 1 amide bonds. The van der Waals surface area contributed by atoms with Gasteiger partial charge in [-0.3, -0.25) is 9.69 Å². The Morgan fingerprint density at radius 3 is 2.86 bits per heavy atom. The molecular formula is C13H12F4N2O3. The van der Waals surface area contributed by atoms with Gasteiger partial charge in [0.15, 0.2) is 0 Å². The zero-order valence-electron chi connectivity index (χ0n) is 11.2. The molecule has 0 saturated carbocycles. The molecule has 22 heavy (non-hydrogen) atoms. The number of amides is 1. The number of carbonyl (C=O) groups excluding carboxylic acids is 1. The van der Waals surface area contributed by atoms with Crippen LogP contribution in [-0.2, 0) is 9.53 Å². The standard InChI is InChI=1S/C13H12F4N2O3/c14-7-2-1-3-9(22-13(15,16)17)10(7)11-18-12(20)8-6-21-5-4-19(8)11/h1-3,8,11H,4-6H2,(H,18,20). The third-order valence-electron chi connectivity index (χ3n) is 3.60. The minimum Gasteiger partial charge on any atom is -0.405 e. The minimum absolute atomic E-state index is 0.117. The number of ether oxygens (including phenoxy) is 2. The number of hydrogen-bond donors (Lipinski definition) is 1. The van der Waals surface area contributed by atoms with E-state index in [-0.39, 0.29) is 12.2 Å². The zero-order chi connectivity index (χ0) is 15.9. The summed E-state index contributed by atoms with van der Waals surface area (Å²) in [5.74, 6) is -1.95. The van der Waals surface area contributed by atoms with Gasteiger partial charge in [-0.25, -0.2) is 4.39 Å². The average Bonchev–Trinajstić information content (AvgIpc) is 2.75. The van der Waals surface area contributed by atoms with E-state index in [1.165, 1.54) is 0 Å². The van der Waals surface area contributed by atoms with Gasteiger partial charge in [0.1, 0.15) is 23.8 Å². The molecule has 0 bridgehead atoms. The van der Waals surface area contributed by atoms with Crippen LogP contribution in [0.4, 0.5) is 17.6 Å². The van der Waals surface area contributed by atoms with Crippen molar-refractivity contribution in [3.8, 4) is 5.75 Å². The molecule has 0 radical (unpaired) electrons. The SMILES string of the molecule is O=C1NC(c2c(F)cccc2OC(F)(F)F)N2CCOCC12. The van der Waals surface area contributed by atoms with Crippen molar-refractivity contribution in [1.82, 2.24) is 10.2 Å². The van der Waals surface area contributed by atoms with Crippen molar-refractivity contribution in [2.45, 2.75) is 18.6 Å². The lowest BCUT2D eigenvalue weighted by atomic mass is 10.1. The van der Waals surface area contributed by atoms with Gasteiger partial charge in [-0.15, -0.1) is 13.2 Å². The Kier molecular flexibility index (Phi) is 3.69. The van der Waals surface area contributed by atoms with Crippen molar-refractivity contribution in [1.29, 1.82) is 0 Å². The molecule has 2 heterocycles. The maximum absolute atomic E-state index is 14.1. The zero-order valence-corrected chi connectivity index (χ0v) is 11.2. The first-order chi connectivity index (χ1) is 10.4. The second-order valence-corrected chi connectivity index (χ2v) is 4.94. The Bertz CT molecular complexity index is 593. The number of alkyl halides is 3. The first kappa shape index (κ1) is 15.0. The smallest absolute Gasteiger partial charge is 0.405 e. The number of nitrogens with zero attached hydrogens (tertiary/aromatic N) is 1. The maximum Gasteiger partial charge on any atom is 0.573 e. The molecule has 120 valence electrons. The van der Waals surface area contributed by atoms with Gasteiger partial charge in [-0.05, 0) is 12.1 Å². The Morgan fingerprint density at radius 2 is 2.14 bits per heavy atom. The van der Waals surface area contributed by atoms with E-state index < -0.39 is 36.0 Å². The predicted molar refractivity (Wildman–Crippen MR) is 65.3 cm³/mol.